The number of carboxylic acids is 1. The van der Waals surface area contributed by atoms with Crippen molar-refractivity contribution in [2.75, 3.05) is 0 Å². The van der Waals surface area contributed by atoms with Crippen molar-refractivity contribution in [3.8, 4) is 0 Å². The van der Waals surface area contributed by atoms with Gasteiger partial charge in [-0.05, 0) is 0 Å². The number of ether oxygens (including phenoxy) is 4. The van der Waals surface area contributed by atoms with E-state index in [1.54, 1.807) is 0 Å². The number of rotatable bonds is 5. The van der Waals surface area contributed by atoms with Crippen LogP contribution in [0, 0.1) is 0 Å². The third-order valence-electron chi connectivity index (χ3n) is 3.37. The molecule has 140 valence electrons. The van der Waals surface area contributed by atoms with Gasteiger partial charge in [0.25, 0.3) is 5.79 Å². The summed E-state index contributed by atoms with van der Waals surface area (Å²) >= 11 is 0. The molecule has 0 aliphatic heterocycles. The first kappa shape index (κ1) is 20.4. The van der Waals surface area contributed by atoms with Crippen molar-refractivity contribution in [3.05, 3.63) is 0 Å². The molecule has 1 fully saturated rings. The number of esters is 4. The van der Waals surface area contributed by atoms with Crippen LogP contribution in [0.4, 0.5) is 0 Å². The molecule has 0 aromatic carbocycles. The molecule has 1 N–H and O–H groups in total. The highest BCUT2D eigenvalue weighted by molar-refractivity contribution is 5.82. The molecule has 0 radical (unpaired) electrons. The van der Waals surface area contributed by atoms with Gasteiger partial charge in [0.2, 0.25) is 5.60 Å². The Labute approximate surface area is 143 Å². The van der Waals surface area contributed by atoms with Gasteiger partial charge in [-0.15, -0.1) is 0 Å². The molecule has 0 aromatic rings. The maximum absolute atomic E-state index is 11.8. The highest BCUT2D eigenvalue weighted by Gasteiger charge is 2.60. The molecule has 0 saturated heterocycles. The van der Waals surface area contributed by atoms with Crippen LogP contribution in [0.5, 0.6) is 0 Å². The molecule has 1 rings (SSSR count). The van der Waals surface area contributed by atoms with Gasteiger partial charge >= 0.3 is 29.8 Å². The molecular formula is C15H20O10. The van der Waals surface area contributed by atoms with Gasteiger partial charge < -0.3 is 24.1 Å². The molecule has 0 bridgehead atoms. The van der Waals surface area contributed by atoms with Crippen LogP contribution in [0.2, 0.25) is 0 Å². The standard InChI is InChI=1S/C15H20O10/c1-8(16)22-12-5-14(13(20)21,23-9(2)17)7-15(6-12,24-10(3)18)25-11(4)19/h12H,5-7H2,1-4H3,(H,20,21). The van der Waals surface area contributed by atoms with Crippen LogP contribution in [0.25, 0.3) is 0 Å². The summed E-state index contributed by atoms with van der Waals surface area (Å²) in [7, 11) is 0. The second-order valence-electron chi connectivity index (χ2n) is 5.81. The number of carbonyl (C=O) groups is 5. The van der Waals surface area contributed by atoms with Crippen molar-refractivity contribution in [1.29, 1.82) is 0 Å². The van der Waals surface area contributed by atoms with E-state index in [1.165, 1.54) is 0 Å². The average molecular weight is 360 g/mol. The summed E-state index contributed by atoms with van der Waals surface area (Å²) in [5, 5.41) is 9.59. The third kappa shape index (κ3) is 5.44. The number of aliphatic carboxylic acids is 1. The summed E-state index contributed by atoms with van der Waals surface area (Å²) in [6, 6.07) is 0. The van der Waals surface area contributed by atoms with Crippen molar-refractivity contribution in [3.63, 3.8) is 0 Å². The Kier molecular flexibility index (Phi) is 6.11. The normalized spacial score (nSPS) is 24.6. The Morgan fingerprint density at radius 2 is 1.28 bits per heavy atom. The predicted molar refractivity (Wildman–Crippen MR) is 77.8 cm³/mol. The summed E-state index contributed by atoms with van der Waals surface area (Å²) in [5.74, 6) is -6.95. The van der Waals surface area contributed by atoms with E-state index in [1.807, 2.05) is 0 Å². The molecule has 0 amide bonds. The molecule has 0 heterocycles. The van der Waals surface area contributed by atoms with Crippen LogP contribution in [0.15, 0.2) is 0 Å². The van der Waals surface area contributed by atoms with Crippen molar-refractivity contribution >= 4 is 29.8 Å². The Morgan fingerprint density at radius 1 is 0.800 bits per heavy atom. The van der Waals surface area contributed by atoms with Gasteiger partial charge in [-0.3, -0.25) is 19.2 Å². The summed E-state index contributed by atoms with van der Waals surface area (Å²) in [6.45, 7) is 4.17. The minimum absolute atomic E-state index is 0.290. The summed E-state index contributed by atoms with van der Waals surface area (Å²) in [4.78, 5) is 57.4. The van der Waals surface area contributed by atoms with E-state index < -0.39 is 53.8 Å². The molecule has 2 atom stereocenters. The lowest BCUT2D eigenvalue weighted by Gasteiger charge is -2.45. The molecule has 0 spiro atoms. The molecule has 0 aromatic heterocycles. The first-order chi connectivity index (χ1) is 11.4. The summed E-state index contributed by atoms with van der Waals surface area (Å²) in [6.07, 6.45) is -2.43. The zero-order valence-electron chi connectivity index (χ0n) is 14.3. The van der Waals surface area contributed by atoms with Crippen LogP contribution >= 0.6 is 0 Å². The molecule has 1 aliphatic carbocycles. The number of carboxylic acid groups (broad SMARTS) is 1. The fourth-order valence-electron chi connectivity index (χ4n) is 2.94. The lowest BCUT2D eigenvalue weighted by atomic mass is 9.78. The Morgan fingerprint density at radius 3 is 1.64 bits per heavy atom. The van der Waals surface area contributed by atoms with Crippen molar-refractivity contribution in [2.24, 2.45) is 0 Å². The fraction of sp³-hybridized carbons (Fsp3) is 0.667. The smallest absolute Gasteiger partial charge is 0.348 e. The minimum Gasteiger partial charge on any atom is -0.478 e. The van der Waals surface area contributed by atoms with Crippen molar-refractivity contribution < 1.29 is 48.0 Å². The van der Waals surface area contributed by atoms with E-state index >= 15 is 0 Å². The van der Waals surface area contributed by atoms with Gasteiger partial charge in [-0.2, -0.15) is 0 Å². The Bertz CT molecular complexity index is 579. The predicted octanol–water partition coefficient (Wildman–Crippen LogP) is 0.311. The largest absolute Gasteiger partial charge is 0.478 e. The van der Waals surface area contributed by atoms with E-state index in [0.29, 0.717) is 0 Å². The fourth-order valence-corrected chi connectivity index (χ4v) is 2.94. The quantitative estimate of drug-likeness (QED) is 0.413. The van der Waals surface area contributed by atoms with Crippen LogP contribution < -0.4 is 0 Å². The van der Waals surface area contributed by atoms with Gasteiger partial charge in [0.15, 0.2) is 0 Å². The summed E-state index contributed by atoms with van der Waals surface area (Å²) in [5.41, 5.74) is -2.20. The van der Waals surface area contributed by atoms with Crippen molar-refractivity contribution in [2.45, 2.75) is 64.4 Å². The van der Waals surface area contributed by atoms with Crippen molar-refractivity contribution in [1.82, 2.24) is 0 Å². The van der Waals surface area contributed by atoms with E-state index in [-0.39, 0.29) is 12.8 Å². The molecule has 10 nitrogen and oxygen atoms in total. The molecule has 25 heavy (non-hydrogen) atoms. The van der Waals surface area contributed by atoms with Crippen LogP contribution in [0.1, 0.15) is 47.0 Å². The highest BCUT2D eigenvalue weighted by atomic mass is 16.7. The molecule has 1 saturated carbocycles. The molecule has 10 heteroatoms. The van der Waals surface area contributed by atoms with Gasteiger partial charge in [-0.1, -0.05) is 0 Å². The Hall–Kier alpha value is -2.65. The van der Waals surface area contributed by atoms with Gasteiger partial charge in [0, 0.05) is 34.1 Å². The monoisotopic (exact) mass is 360 g/mol. The van der Waals surface area contributed by atoms with E-state index in [2.05, 4.69) is 0 Å². The number of hydrogen-bond acceptors (Lipinski definition) is 9. The highest BCUT2D eigenvalue weighted by Crippen LogP contribution is 2.43. The Balaban J connectivity index is 3.40. The van der Waals surface area contributed by atoms with E-state index in [9.17, 15) is 29.1 Å². The van der Waals surface area contributed by atoms with E-state index in [4.69, 9.17) is 18.9 Å². The SMILES string of the molecule is CC(=O)OC1CC(OC(C)=O)(OC(C)=O)CC(OC(C)=O)(C(=O)O)C1. The van der Waals surface area contributed by atoms with Crippen LogP contribution in [0.3, 0.4) is 0 Å². The third-order valence-corrected chi connectivity index (χ3v) is 3.37. The second-order valence-corrected chi connectivity index (χ2v) is 5.81. The zero-order chi connectivity index (χ0) is 19.4. The molecule has 2 unspecified atom stereocenters. The van der Waals surface area contributed by atoms with E-state index in [0.717, 1.165) is 27.7 Å². The lowest BCUT2D eigenvalue weighted by molar-refractivity contribution is -0.271. The first-order valence-electron chi connectivity index (χ1n) is 7.39. The summed E-state index contributed by atoms with van der Waals surface area (Å²) < 4.78 is 20.1. The topological polar surface area (TPSA) is 142 Å². The molecular weight excluding hydrogens is 340 g/mol. The van der Waals surface area contributed by atoms with Gasteiger partial charge in [0.1, 0.15) is 6.10 Å². The van der Waals surface area contributed by atoms with Gasteiger partial charge in [-0.25, -0.2) is 4.79 Å². The molecule has 1 aliphatic rings. The average Bonchev–Trinajstić information content (AvgIpc) is 2.33. The maximum atomic E-state index is 11.8. The maximum Gasteiger partial charge on any atom is 0.348 e. The van der Waals surface area contributed by atoms with Gasteiger partial charge in [0.05, 0.1) is 12.8 Å². The zero-order valence-corrected chi connectivity index (χ0v) is 14.3. The second kappa shape index (κ2) is 7.49. The number of carbonyl (C=O) groups excluding carboxylic acids is 4. The van der Waals surface area contributed by atoms with Crippen LogP contribution in [-0.4, -0.2) is 52.4 Å². The lowest BCUT2D eigenvalue weighted by Crippen LogP contribution is -2.60. The first-order valence-corrected chi connectivity index (χ1v) is 7.39. The van der Waals surface area contributed by atoms with Crippen LogP contribution in [-0.2, 0) is 42.9 Å². The number of hydrogen-bond donors (Lipinski definition) is 1. The minimum atomic E-state index is -2.20.